The molecule has 8 heteroatoms. The van der Waals surface area contributed by atoms with E-state index in [1.54, 1.807) is 30.3 Å². The van der Waals surface area contributed by atoms with Gasteiger partial charge >= 0.3 is 6.18 Å². The minimum Gasteiger partial charge on any atom is -0.372 e. The van der Waals surface area contributed by atoms with Crippen LogP contribution in [0.25, 0.3) is 10.9 Å². The van der Waals surface area contributed by atoms with Crippen LogP contribution in [-0.2, 0) is 6.18 Å². The number of fused-ring (bicyclic) bond motifs is 1. The molecule has 0 radical (unpaired) electrons. The fourth-order valence-corrected chi connectivity index (χ4v) is 4.12. The highest BCUT2D eigenvalue weighted by atomic mass is 35.5. The first kappa shape index (κ1) is 19.2. The van der Waals surface area contributed by atoms with Gasteiger partial charge in [-0.2, -0.15) is 18.3 Å². The summed E-state index contributed by atoms with van der Waals surface area (Å²) in [5, 5.41) is 19.2. The molecule has 1 aliphatic rings. The summed E-state index contributed by atoms with van der Waals surface area (Å²) in [6.07, 6.45) is -4.20. The second kappa shape index (κ2) is 7.39. The predicted molar refractivity (Wildman–Crippen MR) is 101 cm³/mol. The predicted octanol–water partition coefficient (Wildman–Crippen LogP) is 5.11. The SMILES string of the molecule is OC(c1n[nH]c2cc(Cl)ccc12)N1CCC(c2ccccc2C(F)(F)F)CC1. The van der Waals surface area contributed by atoms with Crippen molar-refractivity contribution in [2.45, 2.75) is 31.2 Å². The van der Waals surface area contributed by atoms with Crippen molar-refractivity contribution in [1.82, 2.24) is 15.1 Å². The van der Waals surface area contributed by atoms with Gasteiger partial charge < -0.3 is 5.11 Å². The second-order valence-corrected chi connectivity index (χ2v) is 7.50. The van der Waals surface area contributed by atoms with Crippen LogP contribution in [0.15, 0.2) is 42.5 Å². The van der Waals surface area contributed by atoms with Gasteiger partial charge in [-0.05, 0) is 48.6 Å². The van der Waals surface area contributed by atoms with Gasteiger partial charge in [0.15, 0.2) is 6.23 Å². The van der Waals surface area contributed by atoms with Gasteiger partial charge in [-0.15, -0.1) is 0 Å². The lowest BCUT2D eigenvalue weighted by Crippen LogP contribution is -2.36. The lowest BCUT2D eigenvalue weighted by Gasteiger charge is -2.35. The molecule has 0 bridgehead atoms. The zero-order valence-electron chi connectivity index (χ0n) is 14.9. The van der Waals surface area contributed by atoms with E-state index in [2.05, 4.69) is 10.2 Å². The minimum atomic E-state index is -4.36. The van der Waals surface area contributed by atoms with Crippen molar-refractivity contribution in [1.29, 1.82) is 0 Å². The van der Waals surface area contributed by atoms with E-state index in [-0.39, 0.29) is 5.92 Å². The van der Waals surface area contributed by atoms with Crippen LogP contribution >= 0.6 is 11.6 Å². The molecule has 148 valence electrons. The van der Waals surface area contributed by atoms with Crippen LogP contribution in [-0.4, -0.2) is 33.3 Å². The summed E-state index contributed by atoms with van der Waals surface area (Å²) in [7, 11) is 0. The number of halogens is 4. The molecule has 4 nitrogen and oxygen atoms in total. The third-order valence-electron chi connectivity index (χ3n) is 5.38. The lowest BCUT2D eigenvalue weighted by atomic mass is 9.86. The van der Waals surface area contributed by atoms with Crippen LogP contribution in [0, 0.1) is 0 Å². The molecule has 2 N–H and O–H groups in total. The van der Waals surface area contributed by atoms with Crippen molar-refractivity contribution >= 4 is 22.5 Å². The topological polar surface area (TPSA) is 52.2 Å². The minimum absolute atomic E-state index is 0.184. The number of aromatic amines is 1. The van der Waals surface area contributed by atoms with E-state index >= 15 is 0 Å². The fraction of sp³-hybridized carbons (Fsp3) is 0.350. The lowest BCUT2D eigenvalue weighted by molar-refractivity contribution is -0.138. The van der Waals surface area contributed by atoms with Crippen LogP contribution in [0.2, 0.25) is 5.02 Å². The Morgan fingerprint density at radius 3 is 2.57 bits per heavy atom. The van der Waals surface area contributed by atoms with Crippen molar-refractivity contribution in [2.24, 2.45) is 0 Å². The quantitative estimate of drug-likeness (QED) is 0.632. The van der Waals surface area contributed by atoms with Crippen molar-refractivity contribution in [3.8, 4) is 0 Å². The summed E-state index contributed by atoms with van der Waals surface area (Å²) in [4.78, 5) is 1.84. The summed E-state index contributed by atoms with van der Waals surface area (Å²) in [5.41, 5.74) is 1.00. The first-order chi connectivity index (χ1) is 13.3. The van der Waals surface area contributed by atoms with Crippen LogP contribution in [0.4, 0.5) is 13.2 Å². The Hall–Kier alpha value is -2.09. The molecule has 2 heterocycles. The zero-order chi connectivity index (χ0) is 19.9. The number of nitrogens with one attached hydrogen (secondary N) is 1. The van der Waals surface area contributed by atoms with E-state index in [1.165, 1.54) is 6.07 Å². The fourth-order valence-electron chi connectivity index (χ4n) is 3.95. The van der Waals surface area contributed by atoms with E-state index in [4.69, 9.17) is 11.6 Å². The van der Waals surface area contributed by atoms with Crippen LogP contribution in [0.3, 0.4) is 0 Å². The van der Waals surface area contributed by atoms with Gasteiger partial charge in [-0.3, -0.25) is 10.00 Å². The zero-order valence-corrected chi connectivity index (χ0v) is 15.6. The van der Waals surface area contributed by atoms with E-state index in [9.17, 15) is 18.3 Å². The number of likely N-dealkylation sites (tertiary alicyclic amines) is 1. The van der Waals surface area contributed by atoms with Crippen LogP contribution < -0.4 is 0 Å². The number of piperidine rings is 1. The number of nitrogens with zero attached hydrogens (tertiary/aromatic N) is 2. The number of hydrogen-bond acceptors (Lipinski definition) is 3. The molecule has 3 aromatic rings. The van der Waals surface area contributed by atoms with Crippen LogP contribution in [0.1, 0.15) is 41.8 Å². The number of aliphatic hydroxyl groups is 1. The Labute approximate surface area is 164 Å². The molecular weight excluding hydrogens is 391 g/mol. The molecule has 1 fully saturated rings. The molecule has 0 aliphatic carbocycles. The molecule has 2 aromatic carbocycles. The molecule has 0 saturated carbocycles. The Kier molecular flexibility index (Phi) is 5.07. The van der Waals surface area contributed by atoms with Crippen molar-refractivity contribution in [2.75, 3.05) is 13.1 Å². The summed E-state index contributed by atoms with van der Waals surface area (Å²) < 4.78 is 39.9. The first-order valence-corrected chi connectivity index (χ1v) is 9.44. The molecule has 1 saturated heterocycles. The van der Waals surface area contributed by atoms with Crippen LogP contribution in [0.5, 0.6) is 0 Å². The Morgan fingerprint density at radius 2 is 1.86 bits per heavy atom. The summed E-state index contributed by atoms with van der Waals surface area (Å²) in [6.45, 7) is 0.972. The monoisotopic (exact) mass is 409 g/mol. The third kappa shape index (κ3) is 3.62. The number of benzene rings is 2. The third-order valence-corrected chi connectivity index (χ3v) is 5.62. The van der Waals surface area contributed by atoms with Gasteiger partial charge in [0.2, 0.25) is 0 Å². The maximum atomic E-state index is 13.3. The highest BCUT2D eigenvalue weighted by Gasteiger charge is 2.36. The van der Waals surface area contributed by atoms with Crippen molar-refractivity contribution in [3.63, 3.8) is 0 Å². The number of H-pyrrole nitrogens is 1. The maximum absolute atomic E-state index is 13.3. The molecule has 4 rings (SSSR count). The van der Waals surface area contributed by atoms with Gasteiger partial charge in [0, 0.05) is 23.5 Å². The average Bonchev–Trinajstić information content (AvgIpc) is 3.10. The normalized spacial score (nSPS) is 17.9. The molecule has 0 amide bonds. The van der Waals surface area contributed by atoms with Gasteiger partial charge in [0.05, 0.1) is 11.1 Å². The highest BCUT2D eigenvalue weighted by molar-refractivity contribution is 6.31. The van der Waals surface area contributed by atoms with E-state index in [0.29, 0.717) is 42.2 Å². The Bertz CT molecular complexity index is 980. The molecule has 28 heavy (non-hydrogen) atoms. The number of rotatable bonds is 3. The second-order valence-electron chi connectivity index (χ2n) is 7.07. The Balaban J connectivity index is 1.50. The Morgan fingerprint density at radius 1 is 1.14 bits per heavy atom. The van der Waals surface area contributed by atoms with Gasteiger partial charge in [0.25, 0.3) is 0 Å². The summed E-state index contributed by atoms with van der Waals surface area (Å²) >= 11 is 5.97. The van der Waals surface area contributed by atoms with E-state index in [0.717, 1.165) is 17.0 Å². The van der Waals surface area contributed by atoms with Gasteiger partial charge in [-0.1, -0.05) is 29.8 Å². The molecule has 1 atom stereocenters. The number of hydrogen-bond donors (Lipinski definition) is 2. The van der Waals surface area contributed by atoms with E-state index < -0.39 is 18.0 Å². The molecule has 0 spiro atoms. The first-order valence-electron chi connectivity index (χ1n) is 9.06. The summed E-state index contributed by atoms with van der Waals surface area (Å²) in [5.74, 6) is -0.184. The van der Waals surface area contributed by atoms with Crippen molar-refractivity contribution < 1.29 is 18.3 Å². The van der Waals surface area contributed by atoms with Gasteiger partial charge in [0.1, 0.15) is 5.69 Å². The van der Waals surface area contributed by atoms with E-state index in [1.807, 2.05) is 4.90 Å². The summed E-state index contributed by atoms with van der Waals surface area (Å²) in [6, 6.07) is 11.0. The number of aliphatic hydroxyl groups excluding tert-OH is 1. The highest BCUT2D eigenvalue weighted by Crippen LogP contribution is 2.39. The molecule has 1 aliphatic heterocycles. The van der Waals surface area contributed by atoms with Gasteiger partial charge in [-0.25, -0.2) is 0 Å². The van der Waals surface area contributed by atoms with Crippen molar-refractivity contribution in [3.05, 3.63) is 64.3 Å². The largest absolute Gasteiger partial charge is 0.416 e. The molecule has 1 aromatic heterocycles. The smallest absolute Gasteiger partial charge is 0.372 e. The number of aromatic nitrogens is 2. The molecule has 1 unspecified atom stereocenters. The standard InChI is InChI=1S/C20H19ClF3N3O/c21-13-5-6-15-17(11-13)25-26-18(15)19(28)27-9-7-12(8-10-27)14-3-1-2-4-16(14)20(22,23)24/h1-6,11-12,19,28H,7-10H2,(H,25,26). The molecular formula is C20H19ClF3N3O. The average molecular weight is 410 g/mol. The maximum Gasteiger partial charge on any atom is 0.416 e. The number of alkyl halides is 3.